The Hall–Kier alpha value is -0.120. The molecule has 0 amide bonds. The van der Waals surface area contributed by atoms with Crippen molar-refractivity contribution in [3.05, 3.63) is 42.5 Å². The van der Waals surface area contributed by atoms with E-state index >= 15 is 0 Å². The lowest BCUT2D eigenvalue weighted by molar-refractivity contribution is -0.174. The third kappa shape index (κ3) is 11.7. The Bertz CT molecular complexity index is 804. The fourth-order valence-corrected chi connectivity index (χ4v) is 5.50. The third-order valence-corrected chi connectivity index (χ3v) is 8.97. The number of terminal acetylenes is 1. The van der Waals surface area contributed by atoms with Crippen molar-refractivity contribution in [2.45, 2.75) is 64.3 Å². The molecule has 5 nitrogen and oxygen atoms in total. The molecule has 1 aromatic carbocycles. The van der Waals surface area contributed by atoms with Crippen molar-refractivity contribution in [3.63, 3.8) is 0 Å². The van der Waals surface area contributed by atoms with Gasteiger partial charge in [0.05, 0.1) is 26.4 Å². The summed E-state index contributed by atoms with van der Waals surface area (Å²) >= 11 is 0. The van der Waals surface area contributed by atoms with Crippen LogP contribution in [-0.4, -0.2) is 57.9 Å². The van der Waals surface area contributed by atoms with Crippen LogP contribution in [0.4, 0.5) is 0 Å². The van der Waals surface area contributed by atoms with Gasteiger partial charge in [0.15, 0.2) is 12.1 Å². The predicted octanol–water partition coefficient (Wildman–Crippen LogP) is 7.26. The normalized spacial score (nSPS) is 29.7. The molecule has 2 fully saturated rings. The van der Waals surface area contributed by atoms with Crippen molar-refractivity contribution in [2.24, 2.45) is 11.8 Å². The van der Waals surface area contributed by atoms with Gasteiger partial charge in [0, 0.05) is 11.8 Å². The van der Waals surface area contributed by atoms with Gasteiger partial charge in [-0.05, 0) is 51.7 Å². The maximum Gasteiger partial charge on any atom is 0.180 e. The number of hydrogen-bond donors (Lipinski definition) is 0. The lowest BCUT2D eigenvalue weighted by Crippen LogP contribution is -2.36. The number of ether oxygens (including phenoxy) is 5. The first kappa shape index (κ1) is 33.9. The molecule has 204 valence electrons. The van der Waals surface area contributed by atoms with Gasteiger partial charge < -0.3 is 23.7 Å². The molecule has 36 heavy (non-hydrogen) atoms. The molecule has 1 aromatic rings. The molecule has 3 rings (SSSR count). The Morgan fingerprint density at radius 1 is 1.00 bits per heavy atom. The van der Waals surface area contributed by atoms with Gasteiger partial charge in [0.1, 0.15) is 11.9 Å². The number of methoxy groups -OCH3 is 1. The molecule has 0 aliphatic carbocycles. The fourth-order valence-electron chi connectivity index (χ4n) is 3.27. The van der Waals surface area contributed by atoms with Crippen LogP contribution in [0, 0.1) is 24.2 Å². The molecule has 2 saturated heterocycles. The van der Waals surface area contributed by atoms with Crippen LogP contribution in [0.5, 0.6) is 5.75 Å². The highest BCUT2D eigenvalue weighted by atomic mass is 32.0. The van der Waals surface area contributed by atoms with Crippen molar-refractivity contribution in [3.8, 4) is 18.1 Å². The zero-order valence-electron chi connectivity index (χ0n) is 23.1. The molecule has 0 saturated carbocycles. The van der Waals surface area contributed by atoms with E-state index in [0.29, 0.717) is 18.4 Å². The highest BCUT2D eigenvalue weighted by Gasteiger charge is 2.29. The Morgan fingerprint density at radius 2 is 1.50 bits per heavy atom. The summed E-state index contributed by atoms with van der Waals surface area (Å²) in [6.45, 7) is 20.2. The van der Waals surface area contributed by atoms with E-state index in [1.54, 1.807) is 7.11 Å². The number of benzene rings is 1. The summed E-state index contributed by atoms with van der Waals surface area (Å²) in [5, 5.41) is 0. The fraction of sp³-hybridized carbons (Fsp3) is 0.630. The summed E-state index contributed by atoms with van der Waals surface area (Å²) in [7, 11) is 6.62. The first-order valence-corrected chi connectivity index (χ1v) is 19.0. The monoisotopic (exact) mass is 574 g/mol. The summed E-state index contributed by atoms with van der Waals surface area (Å²) in [6, 6.07) is 8.10. The lowest BCUT2D eigenvalue weighted by atomic mass is 9.87. The van der Waals surface area contributed by atoms with Gasteiger partial charge in [-0.15, -0.1) is 30.9 Å². The lowest BCUT2D eigenvalue weighted by Gasteiger charge is -2.35. The molecule has 0 bridgehead atoms. The number of hydrogen-bond acceptors (Lipinski definition) is 5. The minimum absolute atomic E-state index is 0.0239. The summed E-state index contributed by atoms with van der Waals surface area (Å²) < 4.78 is 27.3. The van der Waals surface area contributed by atoms with Crippen LogP contribution in [0.3, 0.4) is 0 Å². The van der Waals surface area contributed by atoms with E-state index in [2.05, 4.69) is 83.5 Å². The van der Waals surface area contributed by atoms with E-state index in [0.717, 1.165) is 12.4 Å². The molecule has 2 heterocycles. The topological polar surface area (TPSA) is 46.2 Å². The van der Waals surface area contributed by atoms with E-state index in [-0.39, 0.29) is 44.9 Å². The van der Waals surface area contributed by atoms with Crippen LogP contribution in [-0.2, 0) is 24.4 Å². The molecule has 9 heteroatoms. The van der Waals surface area contributed by atoms with Crippen LogP contribution in [0.1, 0.15) is 40.2 Å². The van der Waals surface area contributed by atoms with Crippen LogP contribution >= 0.6 is 33.1 Å². The molecule has 6 unspecified atom stereocenters. The smallest absolute Gasteiger partial charge is 0.180 e. The summed E-state index contributed by atoms with van der Waals surface area (Å²) in [4.78, 5) is 0. The highest BCUT2D eigenvalue weighted by Crippen LogP contribution is 2.49. The average Bonchev–Trinajstić information content (AvgIpc) is 2.84. The van der Waals surface area contributed by atoms with Crippen molar-refractivity contribution < 1.29 is 23.7 Å². The Balaban J connectivity index is 0.000000270. The Morgan fingerprint density at radius 3 is 1.92 bits per heavy atom. The second kappa shape index (κ2) is 16.8. The van der Waals surface area contributed by atoms with E-state index in [1.807, 2.05) is 25.1 Å². The molecule has 2 aliphatic heterocycles. The maximum absolute atomic E-state index is 5.68. The summed E-state index contributed by atoms with van der Waals surface area (Å²) in [6.07, 6.45) is 7.28. The first-order valence-electron chi connectivity index (χ1n) is 12.1. The largest absolute Gasteiger partial charge is 0.497 e. The maximum atomic E-state index is 5.68. The average molecular weight is 575 g/mol. The van der Waals surface area contributed by atoms with Crippen LogP contribution < -0.4 is 4.74 Å². The second-order valence-corrected chi connectivity index (χ2v) is 18.5. The van der Waals surface area contributed by atoms with E-state index < -0.39 is 0 Å². The minimum atomic E-state index is -0.293. The molecule has 2 aliphatic rings. The molecular weight excluding hydrogens is 528 g/mol. The molecular formula is C27H46O5P4. The zero-order chi connectivity index (χ0) is 27.5. The molecule has 0 spiro atoms. The van der Waals surface area contributed by atoms with Crippen molar-refractivity contribution in [1.29, 1.82) is 0 Å². The SMILES string of the molecule is C#CC1O[C@@H](P(C)P)OC[C@@H]1C.C=CC1O[C@@H](P(C)P)OC[C@@H]1C.COc1ccc(C(C)(C)C)cc1. The van der Waals surface area contributed by atoms with Gasteiger partial charge in [-0.3, -0.25) is 0 Å². The first-order chi connectivity index (χ1) is 16.8. The van der Waals surface area contributed by atoms with Gasteiger partial charge >= 0.3 is 0 Å². The van der Waals surface area contributed by atoms with Gasteiger partial charge in [-0.25, -0.2) is 0 Å². The van der Waals surface area contributed by atoms with Crippen molar-refractivity contribution >= 4 is 33.1 Å². The molecule has 10 atom stereocenters. The minimum Gasteiger partial charge on any atom is -0.497 e. The molecule has 0 aromatic heterocycles. The van der Waals surface area contributed by atoms with E-state index in [9.17, 15) is 0 Å². The third-order valence-electron chi connectivity index (χ3n) is 5.64. The van der Waals surface area contributed by atoms with Crippen LogP contribution in [0.25, 0.3) is 0 Å². The Kier molecular flexibility index (Phi) is 15.8. The van der Waals surface area contributed by atoms with E-state index in [4.69, 9.17) is 30.1 Å². The second-order valence-electron chi connectivity index (χ2n) is 10.1. The van der Waals surface area contributed by atoms with Gasteiger partial charge in [0.2, 0.25) is 0 Å². The van der Waals surface area contributed by atoms with Crippen molar-refractivity contribution in [1.82, 2.24) is 0 Å². The summed E-state index contributed by atoms with van der Waals surface area (Å²) in [5.41, 5.74) is 1.56. The highest BCUT2D eigenvalue weighted by molar-refractivity contribution is 8.13. The predicted molar refractivity (Wildman–Crippen MR) is 163 cm³/mol. The van der Waals surface area contributed by atoms with Crippen LogP contribution in [0.2, 0.25) is 0 Å². The summed E-state index contributed by atoms with van der Waals surface area (Å²) in [5.74, 6) is 4.30. The van der Waals surface area contributed by atoms with Crippen LogP contribution in [0.15, 0.2) is 36.9 Å². The number of rotatable bonds is 4. The van der Waals surface area contributed by atoms with Crippen molar-refractivity contribution in [2.75, 3.05) is 33.7 Å². The van der Waals surface area contributed by atoms with Gasteiger partial charge in [-0.2, -0.15) is 0 Å². The zero-order valence-corrected chi connectivity index (χ0v) is 27.2. The standard InChI is InChI=1S/C11H16O.C8H16O2P2.C8H14O2P2/c1-11(2,3)9-5-7-10(12-4)8-6-9;2*1-4-7-6(2)5-9-8(10-7)12(3)11/h5-8H,1-4H3;4,6-8H,1,5,11H2,2-3H3;1,6-8H,5,11H2,2-3H3/t;2*6-,7?,8-,12?/m.00/s1. The molecule has 0 N–H and O–H groups in total. The van der Waals surface area contributed by atoms with Gasteiger partial charge in [-0.1, -0.05) is 58.7 Å². The van der Waals surface area contributed by atoms with Gasteiger partial charge in [0.25, 0.3) is 0 Å². The Labute approximate surface area is 226 Å². The quantitative estimate of drug-likeness (QED) is 0.215. The van der Waals surface area contributed by atoms with E-state index in [1.165, 1.54) is 5.56 Å². The molecule has 0 radical (unpaired) electrons.